The monoisotopic (exact) mass is 335 g/mol. The van der Waals surface area contributed by atoms with Gasteiger partial charge in [-0.25, -0.2) is 0 Å². The lowest BCUT2D eigenvalue weighted by molar-refractivity contribution is 0.267. The van der Waals surface area contributed by atoms with Gasteiger partial charge in [-0.15, -0.1) is 0 Å². The van der Waals surface area contributed by atoms with Crippen molar-refractivity contribution < 1.29 is 0 Å². The average Bonchev–Trinajstić information content (AvgIpc) is 3.03. The van der Waals surface area contributed by atoms with E-state index >= 15 is 0 Å². The lowest BCUT2D eigenvalue weighted by Crippen LogP contribution is -2.37. The third-order valence-corrected chi connectivity index (χ3v) is 4.83. The summed E-state index contributed by atoms with van der Waals surface area (Å²) < 4.78 is 0. The lowest BCUT2D eigenvalue weighted by atomic mass is 10.1. The van der Waals surface area contributed by atoms with Crippen LogP contribution in [-0.4, -0.2) is 24.2 Å². The van der Waals surface area contributed by atoms with Crippen molar-refractivity contribution in [1.29, 1.82) is 0 Å². The topological polar surface area (TPSA) is 41.3 Å². The van der Waals surface area contributed by atoms with Crippen molar-refractivity contribution in [3.8, 4) is 0 Å². The van der Waals surface area contributed by atoms with Gasteiger partial charge in [-0.1, -0.05) is 70.4 Å². The van der Waals surface area contributed by atoms with Crippen LogP contribution >= 0.6 is 0 Å². The fourth-order valence-electron chi connectivity index (χ4n) is 3.32. The van der Waals surface area contributed by atoms with E-state index in [0.29, 0.717) is 6.17 Å². The molecule has 0 spiro atoms. The first-order chi connectivity index (χ1) is 11.9. The zero-order valence-corrected chi connectivity index (χ0v) is 16.0. The van der Waals surface area contributed by atoms with Crippen LogP contribution in [0.15, 0.2) is 24.6 Å². The smallest absolute Gasteiger partial charge is 0.0981 e. The van der Waals surface area contributed by atoms with Gasteiger partial charge in [-0.05, 0) is 32.1 Å². The van der Waals surface area contributed by atoms with Gasteiger partial charge in [-0.3, -0.25) is 0 Å². The van der Waals surface area contributed by atoms with Crippen molar-refractivity contribution >= 4 is 0 Å². The summed E-state index contributed by atoms with van der Waals surface area (Å²) in [5, 5.41) is 3.40. The predicted octanol–water partition coefficient (Wildman–Crippen LogP) is 5.30. The van der Waals surface area contributed by atoms with Crippen LogP contribution in [0.5, 0.6) is 0 Å². The molecule has 3 N–H and O–H groups in total. The normalized spacial score (nSPS) is 17.1. The molecule has 0 amide bonds. The molecule has 0 aromatic rings. The van der Waals surface area contributed by atoms with Crippen LogP contribution in [0.25, 0.3) is 0 Å². The van der Waals surface area contributed by atoms with Crippen molar-refractivity contribution in [3.63, 3.8) is 0 Å². The van der Waals surface area contributed by atoms with E-state index in [2.05, 4.69) is 35.5 Å². The van der Waals surface area contributed by atoms with E-state index in [0.717, 1.165) is 13.1 Å². The molecule has 0 aromatic carbocycles. The number of nitrogens with zero attached hydrogens (tertiary/aromatic N) is 1. The highest BCUT2D eigenvalue weighted by Crippen LogP contribution is 2.13. The SMILES string of the molecule is CCCCCCCCCCC/C=C/CCCC1NC=CN1CCN. The van der Waals surface area contributed by atoms with Crippen LogP contribution in [-0.2, 0) is 0 Å². The standard InChI is InChI=1S/C21H41N3/c1-2-3-4-5-6-7-8-9-10-11-12-13-14-15-16-21-23-18-20-24(21)19-17-22/h12-13,18,20-21,23H,2-11,14-17,19,22H2,1H3/b13-12+. The molecule has 1 atom stereocenters. The summed E-state index contributed by atoms with van der Waals surface area (Å²) >= 11 is 0. The second-order valence-corrected chi connectivity index (χ2v) is 7.04. The van der Waals surface area contributed by atoms with Gasteiger partial charge >= 0.3 is 0 Å². The first kappa shape index (κ1) is 21.1. The van der Waals surface area contributed by atoms with Gasteiger partial charge in [0, 0.05) is 25.5 Å². The Morgan fingerprint density at radius 2 is 1.54 bits per heavy atom. The van der Waals surface area contributed by atoms with Crippen LogP contribution in [0.2, 0.25) is 0 Å². The number of rotatable bonds is 16. The Kier molecular flexibility index (Phi) is 13.7. The van der Waals surface area contributed by atoms with Crippen molar-refractivity contribution in [2.24, 2.45) is 5.73 Å². The zero-order chi connectivity index (χ0) is 17.3. The molecule has 0 aromatic heterocycles. The van der Waals surface area contributed by atoms with Crippen molar-refractivity contribution in [2.75, 3.05) is 13.1 Å². The number of unbranched alkanes of at least 4 members (excludes halogenated alkanes) is 10. The molecule has 1 rings (SSSR count). The number of nitrogens with two attached hydrogens (primary N) is 1. The van der Waals surface area contributed by atoms with Gasteiger partial charge in [0.15, 0.2) is 0 Å². The third kappa shape index (κ3) is 10.7. The van der Waals surface area contributed by atoms with Crippen LogP contribution in [0.1, 0.15) is 90.4 Å². The van der Waals surface area contributed by atoms with Gasteiger partial charge in [0.05, 0.1) is 6.17 Å². The van der Waals surface area contributed by atoms with Crippen molar-refractivity contribution in [1.82, 2.24) is 10.2 Å². The minimum absolute atomic E-state index is 0.458. The maximum Gasteiger partial charge on any atom is 0.0981 e. The Hall–Kier alpha value is -0.960. The molecule has 1 unspecified atom stereocenters. The molecule has 0 radical (unpaired) electrons. The molecule has 1 aliphatic rings. The Labute approximate surface area is 150 Å². The van der Waals surface area contributed by atoms with E-state index in [-0.39, 0.29) is 0 Å². The maximum absolute atomic E-state index is 5.64. The molecular formula is C21H41N3. The Morgan fingerprint density at radius 3 is 2.21 bits per heavy atom. The van der Waals surface area contributed by atoms with Gasteiger partial charge in [-0.2, -0.15) is 0 Å². The number of allylic oxidation sites excluding steroid dienone is 2. The Bertz CT molecular complexity index is 325. The van der Waals surface area contributed by atoms with E-state index in [1.807, 2.05) is 6.20 Å². The summed E-state index contributed by atoms with van der Waals surface area (Å²) in [5.41, 5.74) is 5.64. The average molecular weight is 336 g/mol. The summed E-state index contributed by atoms with van der Waals surface area (Å²) in [5.74, 6) is 0. The first-order valence-electron chi connectivity index (χ1n) is 10.4. The van der Waals surface area contributed by atoms with E-state index in [4.69, 9.17) is 5.73 Å². The molecule has 0 fully saturated rings. The molecule has 0 saturated carbocycles. The molecule has 3 heteroatoms. The molecule has 140 valence electrons. The van der Waals surface area contributed by atoms with Crippen LogP contribution in [0.3, 0.4) is 0 Å². The second-order valence-electron chi connectivity index (χ2n) is 7.04. The highest BCUT2D eigenvalue weighted by atomic mass is 15.3. The molecular weight excluding hydrogens is 294 g/mol. The summed E-state index contributed by atoms with van der Waals surface area (Å²) in [4.78, 5) is 2.31. The molecule has 0 aliphatic carbocycles. The molecule has 1 aliphatic heterocycles. The van der Waals surface area contributed by atoms with Crippen LogP contribution in [0, 0.1) is 0 Å². The molecule has 0 saturated heterocycles. The zero-order valence-electron chi connectivity index (χ0n) is 16.0. The minimum atomic E-state index is 0.458. The lowest BCUT2D eigenvalue weighted by Gasteiger charge is -2.24. The fraction of sp³-hybridized carbons (Fsp3) is 0.810. The van der Waals surface area contributed by atoms with Crippen molar-refractivity contribution in [3.05, 3.63) is 24.6 Å². The highest BCUT2D eigenvalue weighted by Gasteiger charge is 2.16. The van der Waals surface area contributed by atoms with Gasteiger partial charge in [0.1, 0.15) is 0 Å². The van der Waals surface area contributed by atoms with E-state index < -0.39 is 0 Å². The van der Waals surface area contributed by atoms with Gasteiger partial charge in [0.2, 0.25) is 0 Å². The summed E-state index contributed by atoms with van der Waals surface area (Å²) in [6.07, 6.45) is 27.0. The third-order valence-electron chi connectivity index (χ3n) is 4.83. The summed E-state index contributed by atoms with van der Waals surface area (Å²) in [6.45, 7) is 3.96. The number of nitrogens with one attached hydrogen (secondary N) is 1. The Morgan fingerprint density at radius 1 is 0.917 bits per heavy atom. The van der Waals surface area contributed by atoms with E-state index in [1.165, 1.54) is 83.5 Å². The Balaban J connectivity index is 1.83. The first-order valence-corrected chi connectivity index (χ1v) is 10.4. The fourth-order valence-corrected chi connectivity index (χ4v) is 3.32. The number of hydrogen-bond donors (Lipinski definition) is 2. The molecule has 1 heterocycles. The van der Waals surface area contributed by atoms with Crippen LogP contribution in [0.4, 0.5) is 0 Å². The van der Waals surface area contributed by atoms with E-state index in [1.54, 1.807) is 0 Å². The number of hydrogen-bond acceptors (Lipinski definition) is 3. The van der Waals surface area contributed by atoms with Gasteiger partial charge < -0.3 is 16.0 Å². The minimum Gasteiger partial charge on any atom is -0.370 e. The maximum atomic E-state index is 5.64. The van der Waals surface area contributed by atoms with Crippen LogP contribution < -0.4 is 11.1 Å². The van der Waals surface area contributed by atoms with Crippen molar-refractivity contribution in [2.45, 2.75) is 96.6 Å². The summed E-state index contributed by atoms with van der Waals surface area (Å²) in [7, 11) is 0. The second kappa shape index (κ2) is 15.6. The van der Waals surface area contributed by atoms with Gasteiger partial charge in [0.25, 0.3) is 0 Å². The highest BCUT2D eigenvalue weighted by molar-refractivity contribution is 4.94. The predicted molar refractivity (Wildman–Crippen MR) is 107 cm³/mol. The molecule has 0 bridgehead atoms. The van der Waals surface area contributed by atoms with E-state index in [9.17, 15) is 0 Å². The largest absolute Gasteiger partial charge is 0.370 e. The quantitative estimate of drug-likeness (QED) is 0.297. The molecule has 24 heavy (non-hydrogen) atoms. The molecule has 3 nitrogen and oxygen atoms in total. The summed E-state index contributed by atoms with van der Waals surface area (Å²) in [6, 6.07) is 0.